The van der Waals surface area contributed by atoms with Crippen molar-refractivity contribution in [3.05, 3.63) is 64.9 Å². The smallest absolute Gasteiger partial charge is 0.123 e. The molecular formula is C14H12ClFO2. The highest BCUT2D eigenvalue weighted by Crippen LogP contribution is 2.18. The van der Waals surface area contributed by atoms with Gasteiger partial charge in [0.25, 0.3) is 0 Å². The van der Waals surface area contributed by atoms with Gasteiger partial charge in [-0.2, -0.15) is 0 Å². The van der Waals surface area contributed by atoms with E-state index in [1.165, 1.54) is 24.3 Å². The predicted octanol–water partition coefficient (Wildman–Crippen LogP) is 3.59. The molecule has 0 saturated heterocycles. The largest absolute Gasteiger partial charge is 0.491 e. The van der Waals surface area contributed by atoms with E-state index in [9.17, 15) is 9.50 Å². The van der Waals surface area contributed by atoms with Crippen LogP contribution in [0.4, 0.5) is 4.39 Å². The van der Waals surface area contributed by atoms with Gasteiger partial charge in [-0.05, 0) is 42.0 Å². The van der Waals surface area contributed by atoms with Gasteiger partial charge in [0, 0.05) is 5.02 Å². The molecule has 18 heavy (non-hydrogen) atoms. The van der Waals surface area contributed by atoms with Gasteiger partial charge in [0.15, 0.2) is 0 Å². The van der Waals surface area contributed by atoms with Gasteiger partial charge in [-0.1, -0.05) is 23.7 Å². The van der Waals surface area contributed by atoms with Crippen molar-refractivity contribution in [1.29, 1.82) is 0 Å². The van der Waals surface area contributed by atoms with Crippen molar-refractivity contribution >= 4 is 11.6 Å². The van der Waals surface area contributed by atoms with Gasteiger partial charge in [-0.3, -0.25) is 0 Å². The summed E-state index contributed by atoms with van der Waals surface area (Å²) in [5.41, 5.74) is 0.724. The summed E-state index contributed by atoms with van der Waals surface area (Å²) in [6.45, 7) is 0.104. The van der Waals surface area contributed by atoms with Crippen LogP contribution < -0.4 is 4.74 Å². The van der Waals surface area contributed by atoms with Gasteiger partial charge in [0.05, 0.1) is 0 Å². The second kappa shape index (κ2) is 5.85. The van der Waals surface area contributed by atoms with E-state index < -0.39 is 6.10 Å². The fourth-order valence-electron chi connectivity index (χ4n) is 1.49. The summed E-state index contributed by atoms with van der Waals surface area (Å²) < 4.78 is 18.0. The summed E-state index contributed by atoms with van der Waals surface area (Å²) in [6.07, 6.45) is -0.743. The number of hydrogen-bond acceptors (Lipinski definition) is 2. The first-order valence-corrected chi connectivity index (χ1v) is 5.85. The molecule has 0 aliphatic rings. The summed E-state index contributed by atoms with van der Waals surface area (Å²) in [5, 5.41) is 10.5. The highest BCUT2D eigenvalue weighted by molar-refractivity contribution is 6.30. The van der Waals surface area contributed by atoms with Gasteiger partial charge >= 0.3 is 0 Å². The van der Waals surface area contributed by atoms with Gasteiger partial charge in [-0.15, -0.1) is 0 Å². The van der Waals surface area contributed by atoms with Crippen LogP contribution in [0.1, 0.15) is 11.7 Å². The minimum absolute atomic E-state index is 0.104. The molecule has 2 aromatic carbocycles. The molecular weight excluding hydrogens is 255 g/mol. The van der Waals surface area contributed by atoms with Crippen molar-refractivity contribution in [3.8, 4) is 5.75 Å². The van der Waals surface area contributed by atoms with Crippen LogP contribution in [0.5, 0.6) is 5.75 Å². The summed E-state index contributed by atoms with van der Waals surface area (Å²) in [5.74, 6) is 0.199. The van der Waals surface area contributed by atoms with Crippen molar-refractivity contribution < 1.29 is 14.2 Å². The van der Waals surface area contributed by atoms with Crippen LogP contribution in [0.15, 0.2) is 48.5 Å². The summed E-state index contributed by atoms with van der Waals surface area (Å²) in [4.78, 5) is 0. The molecule has 0 aliphatic heterocycles. The van der Waals surface area contributed by atoms with Crippen LogP contribution in [-0.2, 0) is 0 Å². The SMILES string of the molecule is OC(COc1ccc(F)cc1)c1ccc(Cl)cc1. The third-order valence-corrected chi connectivity index (χ3v) is 2.73. The molecule has 2 nitrogen and oxygen atoms in total. The molecule has 0 fully saturated rings. The lowest BCUT2D eigenvalue weighted by Crippen LogP contribution is -2.09. The first-order chi connectivity index (χ1) is 8.65. The van der Waals surface area contributed by atoms with E-state index in [0.29, 0.717) is 10.8 Å². The average Bonchev–Trinajstić information content (AvgIpc) is 2.38. The number of halogens is 2. The van der Waals surface area contributed by atoms with Crippen LogP contribution in [-0.4, -0.2) is 11.7 Å². The van der Waals surface area contributed by atoms with Crippen LogP contribution in [0.3, 0.4) is 0 Å². The monoisotopic (exact) mass is 266 g/mol. The van der Waals surface area contributed by atoms with Crippen LogP contribution >= 0.6 is 11.6 Å². The number of benzene rings is 2. The molecule has 0 radical (unpaired) electrons. The number of aliphatic hydroxyl groups is 1. The van der Waals surface area contributed by atoms with Gasteiger partial charge < -0.3 is 9.84 Å². The Hall–Kier alpha value is -1.58. The van der Waals surface area contributed by atoms with E-state index in [0.717, 1.165) is 5.56 Å². The first-order valence-electron chi connectivity index (χ1n) is 5.47. The van der Waals surface area contributed by atoms with Crippen molar-refractivity contribution in [2.45, 2.75) is 6.10 Å². The van der Waals surface area contributed by atoms with Crippen LogP contribution in [0, 0.1) is 5.82 Å². The molecule has 2 aromatic rings. The molecule has 1 N–H and O–H groups in total. The van der Waals surface area contributed by atoms with E-state index in [4.69, 9.17) is 16.3 Å². The molecule has 0 spiro atoms. The molecule has 0 saturated carbocycles. The highest BCUT2D eigenvalue weighted by atomic mass is 35.5. The zero-order valence-electron chi connectivity index (χ0n) is 9.51. The molecule has 0 aliphatic carbocycles. The lowest BCUT2D eigenvalue weighted by molar-refractivity contribution is 0.108. The van der Waals surface area contributed by atoms with Gasteiger partial charge in [-0.25, -0.2) is 4.39 Å². The van der Waals surface area contributed by atoms with Crippen molar-refractivity contribution in [1.82, 2.24) is 0 Å². The van der Waals surface area contributed by atoms with Gasteiger partial charge in [0.2, 0.25) is 0 Å². The third-order valence-electron chi connectivity index (χ3n) is 2.48. The minimum Gasteiger partial charge on any atom is -0.491 e. The Kier molecular flexibility index (Phi) is 4.18. The van der Waals surface area contributed by atoms with E-state index in [1.54, 1.807) is 24.3 Å². The topological polar surface area (TPSA) is 29.5 Å². The van der Waals surface area contributed by atoms with Crippen molar-refractivity contribution in [2.24, 2.45) is 0 Å². The lowest BCUT2D eigenvalue weighted by atomic mass is 10.1. The number of hydrogen-bond donors (Lipinski definition) is 1. The number of ether oxygens (including phenoxy) is 1. The molecule has 2 rings (SSSR count). The maximum absolute atomic E-state index is 12.7. The standard InChI is InChI=1S/C14H12ClFO2/c15-11-3-1-10(2-4-11)14(17)9-18-13-7-5-12(16)6-8-13/h1-8,14,17H,9H2. The Morgan fingerprint density at radius 2 is 1.67 bits per heavy atom. The van der Waals surface area contributed by atoms with Crippen molar-refractivity contribution in [2.75, 3.05) is 6.61 Å². The Bertz CT molecular complexity index is 496. The first kappa shape index (κ1) is 12.9. The second-order valence-corrected chi connectivity index (χ2v) is 4.27. The Labute approximate surface area is 110 Å². The summed E-state index contributed by atoms with van der Waals surface area (Å²) in [7, 11) is 0. The number of rotatable bonds is 4. The molecule has 4 heteroatoms. The zero-order chi connectivity index (χ0) is 13.0. The maximum atomic E-state index is 12.7. The molecule has 1 unspecified atom stereocenters. The minimum atomic E-state index is -0.743. The Balaban J connectivity index is 1.93. The van der Waals surface area contributed by atoms with Gasteiger partial charge in [0.1, 0.15) is 24.3 Å². The normalized spacial score (nSPS) is 12.2. The number of aliphatic hydroxyl groups excluding tert-OH is 1. The van der Waals surface area contributed by atoms with Crippen molar-refractivity contribution in [3.63, 3.8) is 0 Å². The molecule has 0 aromatic heterocycles. The quantitative estimate of drug-likeness (QED) is 0.916. The molecule has 0 bridgehead atoms. The predicted molar refractivity (Wildman–Crippen MR) is 68.3 cm³/mol. The van der Waals surface area contributed by atoms with E-state index in [-0.39, 0.29) is 12.4 Å². The summed E-state index contributed by atoms with van der Waals surface area (Å²) >= 11 is 5.76. The Morgan fingerprint density at radius 3 is 2.28 bits per heavy atom. The van der Waals surface area contributed by atoms with E-state index >= 15 is 0 Å². The molecule has 94 valence electrons. The fraction of sp³-hybridized carbons (Fsp3) is 0.143. The molecule has 1 atom stereocenters. The van der Waals surface area contributed by atoms with E-state index in [1.807, 2.05) is 0 Å². The van der Waals surface area contributed by atoms with Crippen LogP contribution in [0.25, 0.3) is 0 Å². The van der Waals surface area contributed by atoms with E-state index in [2.05, 4.69) is 0 Å². The zero-order valence-corrected chi connectivity index (χ0v) is 10.3. The lowest BCUT2D eigenvalue weighted by Gasteiger charge is -2.12. The van der Waals surface area contributed by atoms with Crippen LogP contribution in [0.2, 0.25) is 5.02 Å². The maximum Gasteiger partial charge on any atom is 0.123 e. The average molecular weight is 267 g/mol. The molecule has 0 heterocycles. The third kappa shape index (κ3) is 3.45. The highest BCUT2D eigenvalue weighted by Gasteiger charge is 2.08. The second-order valence-electron chi connectivity index (χ2n) is 3.83. The molecule has 0 amide bonds. The Morgan fingerprint density at radius 1 is 1.06 bits per heavy atom. The summed E-state index contributed by atoms with van der Waals surface area (Å²) in [6, 6.07) is 12.5. The fourth-order valence-corrected chi connectivity index (χ4v) is 1.61.